The standard InChI is InChI=1S/C24H16Cl4N2O4/c1-31-23-20(21(29-33-23)18-14(25)9-5-10-15(18)26)24(13-7-3-2-4-8-13)32-22(30-34-24)19-16(27)11-6-12-17(19)28/h2-12,20,23H,1H3/t20-,23-,24?/m1/s1. The number of hydrogen-bond acceptors (Lipinski definition) is 6. The molecule has 0 fully saturated rings. The molecule has 0 aromatic heterocycles. The van der Waals surface area contributed by atoms with Crippen LogP contribution < -0.4 is 0 Å². The Morgan fingerprint density at radius 3 is 1.94 bits per heavy atom. The topological polar surface area (TPSA) is 61.6 Å². The van der Waals surface area contributed by atoms with Crippen LogP contribution in [-0.2, 0) is 24.9 Å². The minimum atomic E-state index is -1.56. The number of oxime groups is 2. The van der Waals surface area contributed by atoms with Gasteiger partial charge in [0, 0.05) is 18.2 Å². The van der Waals surface area contributed by atoms with Crippen LogP contribution in [0.15, 0.2) is 77.0 Å². The predicted molar refractivity (Wildman–Crippen MR) is 132 cm³/mol. The van der Waals surface area contributed by atoms with Gasteiger partial charge in [0.05, 0.1) is 25.7 Å². The molecule has 10 heteroatoms. The van der Waals surface area contributed by atoms with E-state index in [-0.39, 0.29) is 5.90 Å². The van der Waals surface area contributed by atoms with Gasteiger partial charge in [0.15, 0.2) is 5.92 Å². The summed E-state index contributed by atoms with van der Waals surface area (Å²) < 4.78 is 12.1. The molecule has 2 heterocycles. The Bertz CT molecular complexity index is 1260. The van der Waals surface area contributed by atoms with Crippen molar-refractivity contribution in [2.75, 3.05) is 7.11 Å². The van der Waals surface area contributed by atoms with Crippen LogP contribution in [0, 0.1) is 5.92 Å². The van der Waals surface area contributed by atoms with E-state index in [1.54, 1.807) is 36.4 Å². The van der Waals surface area contributed by atoms with E-state index in [0.717, 1.165) is 0 Å². The summed E-state index contributed by atoms with van der Waals surface area (Å²) in [5, 5.41) is 9.98. The summed E-state index contributed by atoms with van der Waals surface area (Å²) in [6, 6.07) is 19.5. The Kier molecular flexibility index (Phi) is 6.35. The molecule has 0 saturated heterocycles. The summed E-state index contributed by atoms with van der Waals surface area (Å²) in [7, 11) is 1.49. The molecule has 2 aliphatic heterocycles. The molecule has 0 saturated carbocycles. The maximum absolute atomic E-state index is 6.52. The van der Waals surface area contributed by atoms with Gasteiger partial charge in [-0.25, -0.2) is 0 Å². The van der Waals surface area contributed by atoms with Gasteiger partial charge in [-0.1, -0.05) is 94.0 Å². The Morgan fingerprint density at radius 1 is 0.765 bits per heavy atom. The largest absolute Gasteiger partial charge is 0.425 e. The zero-order valence-electron chi connectivity index (χ0n) is 17.5. The number of nitrogens with zero attached hydrogens (tertiary/aromatic N) is 2. The molecule has 3 aromatic carbocycles. The van der Waals surface area contributed by atoms with E-state index in [1.165, 1.54) is 7.11 Å². The Balaban J connectivity index is 1.67. The molecule has 0 aliphatic carbocycles. The van der Waals surface area contributed by atoms with Crippen LogP contribution in [-0.4, -0.2) is 25.0 Å². The molecule has 1 unspecified atom stereocenters. The van der Waals surface area contributed by atoms with Crippen molar-refractivity contribution >= 4 is 58.0 Å². The molecule has 0 N–H and O–H groups in total. The third-order valence-corrected chi connectivity index (χ3v) is 6.81. The van der Waals surface area contributed by atoms with E-state index in [1.807, 2.05) is 30.3 Å². The zero-order valence-corrected chi connectivity index (χ0v) is 20.6. The number of rotatable bonds is 5. The molecular weight excluding hydrogens is 522 g/mol. The van der Waals surface area contributed by atoms with Crippen LogP contribution in [0.2, 0.25) is 20.1 Å². The predicted octanol–water partition coefficient (Wildman–Crippen LogP) is 6.88. The fourth-order valence-electron chi connectivity index (χ4n) is 4.01. The number of ether oxygens (including phenoxy) is 2. The highest BCUT2D eigenvalue weighted by Crippen LogP contribution is 2.48. The van der Waals surface area contributed by atoms with Crippen molar-refractivity contribution < 1.29 is 19.1 Å². The van der Waals surface area contributed by atoms with E-state index in [2.05, 4.69) is 10.3 Å². The van der Waals surface area contributed by atoms with Crippen LogP contribution in [0.5, 0.6) is 0 Å². The monoisotopic (exact) mass is 536 g/mol. The van der Waals surface area contributed by atoms with Crippen LogP contribution in [0.4, 0.5) is 0 Å². The average Bonchev–Trinajstić information content (AvgIpc) is 3.45. The lowest BCUT2D eigenvalue weighted by atomic mass is 9.84. The minimum absolute atomic E-state index is 0.103. The molecule has 0 spiro atoms. The van der Waals surface area contributed by atoms with Crippen molar-refractivity contribution in [2.24, 2.45) is 16.2 Å². The third kappa shape index (κ3) is 3.80. The Morgan fingerprint density at radius 2 is 1.35 bits per heavy atom. The lowest BCUT2D eigenvalue weighted by Gasteiger charge is -2.34. The summed E-state index contributed by atoms with van der Waals surface area (Å²) in [5.41, 5.74) is 1.88. The summed E-state index contributed by atoms with van der Waals surface area (Å²) in [6.07, 6.45) is -0.904. The first-order valence-electron chi connectivity index (χ1n) is 10.1. The molecule has 3 atom stereocenters. The normalized spacial score (nSPS) is 23.6. The average molecular weight is 538 g/mol. The molecular formula is C24H16Cl4N2O4. The van der Waals surface area contributed by atoms with Gasteiger partial charge in [-0.05, 0) is 29.4 Å². The first-order chi connectivity index (χ1) is 16.5. The molecule has 2 aliphatic rings. The molecule has 3 aromatic rings. The maximum atomic E-state index is 6.52. The van der Waals surface area contributed by atoms with Gasteiger partial charge in [0.25, 0.3) is 5.90 Å². The highest BCUT2D eigenvalue weighted by Gasteiger charge is 2.60. The Hall–Kier alpha value is -2.48. The quantitative estimate of drug-likeness (QED) is 0.355. The molecule has 0 amide bonds. The molecule has 0 radical (unpaired) electrons. The van der Waals surface area contributed by atoms with Gasteiger partial charge in [0.2, 0.25) is 6.29 Å². The lowest BCUT2D eigenvalue weighted by Crippen LogP contribution is -2.47. The highest BCUT2D eigenvalue weighted by molar-refractivity contribution is 6.41. The van der Waals surface area contributed by atoms with Crippen LogP contribution in [0.3, 0.4) is 0 Å². The van der Waals surface area contributed by atoms with Gasteiger partial charge >= 0.3 is 5.79 Å². The second-order valence-corrected chi connectivity index (χ2v) is 9.11. The summed E-state index contributed by atoms with van der Waals surface area (Å²) >= 11 is 25.9. The van der Waals surface area contributed by atoms with E-state index in [4.69, 9.17) is 65.6 Å². The zero-order chi connectivity index (χ0) is 23.9. The van der Waals surface area contributed by atoms with E-state index in [0.29, 0.717) is 42.5 Å². The van der Waals surface area contributed by atoms with Crippen LogP contribution >= 0.6 is 46.4 Å². The van der Waals surface area contributed by atoms with Crippen molar-refractivity contribution in [2.45, 2.75) is 12.1 Å². The lowest BCUT2D eigenvalue weighted by molar-refractivity contribution is -0.244. The SMILES string of the molecule is CO[C@@H]1ON=C(c2c(Cl)cccc2Cl)[C@H]1C1(c2ccccc2)ON=C(c2c(Cl)cccc2Cl)O1. The molecule has 5 rings (SSSR count). The number of halogens is 4. The number of hydrogen-bond donors (Lipinski definition) is 0. The van der Waals surface area contributed by atoms with Gasteiger partial charge in [-0.15, -0.1) is 0 Å². The van der Waals surface area contributed by atoms with Crippen molar-refractivity contribution in [1.29, 1.82) is 0 Å². The van der Waals surface area contributed by atoms with E-state index < -0.39 is 18.0 Å². The van der Waals surface area contributed by atoms with Gasteiger partial charge in [0.1, 0.15) is 5.71 Å². The minimum Gasteiger partial charge on any atom is -0.425 e. The van der Waals surface area contributed by atoms with E-state index in [9.17, 15) is 0 Å². The second kappa shape index (κ2) is 9.29. The maximum Gasteiger partial charge on any atom is 0.318 e. The summed E-state index contributed by atoms with van der Waals surface area (Å²) in [5.74, 6) is -2.25. The molecule has 34 heavy (non-hydrogen) atoms. The molecule has 174 valence electrons. The number of benzene rings is 3. The van der Waals surface area contributed by atoms with Crippen molar-refractivity contribution in [3.05, 3.63) is 104 Å². The van der Waals surface area contributed by atoms with Crippen molar-refractivity contribution in [3.8, 4) is 0 Å². The fourth-order valence-corrected chi connectivity index (χ4v) is 5.16. The van der Waals surface area contributed by atoms with Crippen molar-refractivity contribution in [3.63, 3.8) is 0 Å². The van der Waals surface area contributed by atoms with Crippen LogP contribution in [0.25, 0.3) is 0 Å². The van der Waals surface area contributed by atoms with Gasteiger partial charge < -0.3 is 19.1 Å². The van der Waals surface area contributed by atoms with E-state index >= 15 is 0 Å². The summed E-state index contributed by atoms with van der Waals surface area (Å²) in [4.78, 5) is 11.7. The molecule has 6 nitrogen and oxygen atoms in total. The van der Waals surface area contributed by atoms with Gasteiger partial charge in [-0.2, -0.15) is 0 Å². The molecule has 0 bridgehead atoms. The highest BCUT2D eigenvalue weighted by atomic mass is 35.5. The van der Waals surface area contributed by atoms with Gasteiger partial charge in [-0.3, -0.25) is 0 Å². The first kappa shape index (κ1) is 23.3. The van der Waals surface area contributed by atoms with Crippen LogP contribution in [0.1, 0.15) is 16.7 Å². The smallest absolute Gasteiger partial charge is 0.318 e. The first-order valence-corrected chi connectivity index (χ1v) is 11.6. The fraction of sp³-hybridized carbons (Fsp3) is 0.167. The third-order valence-electron chi connectivity index (χ3n) is 5.55. The Labute approximate surface area is 215 Å². The summed E-state index contributed by atoms with van der Waals surface area (Å²) in [6.45, 7) is 0. The van der Waals surface area contributed by atoms with Crippen molar-refractivity contribution in [1.82, 2.24) is 0 Å². The second-order valence-electron chi connectivity index (χ2n) is 7.48. The number of methoxy groups -OCH3 is 1.